The van der Waals surface area contributed by atoms with E-state index < -0.39 is 0 Å². The number of aromatic nitrogens is 1. The van der Waals surface area contributed by atoms with Gasteiger partial charge in [0.15, 0.2) is 0 Å². The monoisotopic (exact) mass is 384 g/mol. The Balaban J connectivity index is 1.65. The molecule has 0 bridgehead atoms. The number of fused-ring (bicyclic) bond motifs is 1. The van der Waals surface area contributed by atoms with Crippen LogP contribution in [-0.4, -0.2) is 28.9 Å². The molecular weight excluding hydrogens is 368 g/mol. The number of hydrogen-bond acceptors (Lipinski definition) is 5. The van der Waals surface area contributed by atoms with Crippen molar-refractivity contribution in [2.75, 3.05) is 12.4 Å². The fourth-order valence-corrected chi connectivity index (χ4v) is 3.72. The first-order valence-corrected chi connectivity index (χ1v) is 9.22. The summed E-state index contributed by atoms with van der Waals surface area (Å²) in [6, 6.07) is 14.5. The number of nitrogens with one attached hydrogen (secondary N) is 1. The van der Waals surface area contributed by atoms with Crippen LogP contribution in [-0.2, 0) is 11.3 Å². The van der Waals surface area contributed by atoms with E-state index in [4.69, 9.17) is 16.9 Å². The molecule has 7 heteroatoms. The molecule has 3 rings (SSSR count). The van der Waals surface area contributed by atoms with Gasteiger partial charge in [0.05, 0.1) is 33.4 Å². The summed E-state index contributed by atoms with van der Waals surface area (Å²) in [6.07, 6.45) is 0. The first-order valence-electron chi connectivity index (χ1n) is 8.03. The van der Waals surface area contributed by atoms with Crippen molar-refractivity contribution in [1.29, 1.82) is 5.26 Å². The third kappa shape index (κ3) is 4.02. The number of carbonyl (C=O) groups excluding carboxylic acids is 1. The summed E-state index contributed by atoms with van der Waals surface area (Å²) in [6.45, 7) is 2.43. The second kappa shape index (κ2) is 7.83. The molecule has 1 N–H and O–H groups in total. The van der Waals surface area contributed by atoms with E-state index in [2.05, 4.69) is 10.3 Å². The van der Waals surface area contributed by atoms with Crippen LogP contribution in [0.1, 0.15) is 17.5 Å². The lowest BCUT2D eigenvalue weighted by Crippen LogP contribution is -2.39. The van der Waals surface area contributed by atoms with Crippen LogP contribution in [0.25, 0.3) is 10.2 Å². The fourth-order valence-electron chi connectivity index (χ4n) is 2.47. The molecule has 0 fully saturated rings. The van der Waals surface area contributed by atoms with E-state index in [0.29, 0.717) is 22.8 Å². The normalized spacial score (nSPS) is 12.1. The largest absolute Gasteiger partial charge is 0.325 e. The maximum atomic E-state index is 12.5. The van der Waals surface area contributed by atoms with Crippen molar-refractivity contribution in [3.63, 3.8) is 0 Å². The molecule has 26 heavy (non-hydrogen) atoms. The average Bonchev–Trinajstić information content (AvgIpc) is 3.03. The summed E-state index contributed by atoms with van der Waals surface area (Å²) in [5, 5.41) is 13.0. The number of likely N-dealkylation sites (N-methyl/N-ethyl adjacent to an activating group) is 1. The Kier molecular flexibility index (Phi) is 5.52. The Morgan fingerprint density at radius 1 is 1.38 bits per heavy atom. The van der Waals surface area contributed by atoms with Gasteiger partial charge in [-0.1, -0.05) is 23.7 Å². The third-order valence-electron chi connectivity index (χ3n) is 4.12. The van der Waals surface area contributed by atoms with Gasteiger partial charge in [0.25, 0.3) is 0 Å². The van der Waals surface area contributed by atoms with Gasteiger partial charge in [0.1, 0.15) is 11.1 Å². The van der Waals surface area contributed by atoms with E-state index >= 15 is 0 Å². The van der Waals surface area contributed by atoms with Gasteiger partial charge in [-0.05, 0) is 44.3 Å². The molecule has 132 valence electrons. The number of thiazole rings is 1. The van der Waals surface area contributed by atoms with E-state index in [0.717, 1.165) is 15.2 Å². The number of halogens is 1. The predicted molar refractivity (Wildman–Crippen MR) is 105 cm³/mol. The molecule has 0 spiro atoms. The van der Waals surface area contributed by atoms with Gasteiger partial charge < -0.3 is 5.32 Å². The number of anilines is 1. The molecular formula is C19H17ClN4OS. The molecule has 0 radical (unpaired) electrons. The molecule has 3 aromatic rings. The number of nitrogens with zero attached hydrogens (tertiary/aromatic N) is 3. The average molecular weight is 385 g/mol. The predicted octanol–water partition coefficient (Wildman–Crippen LogP) is 4.28. The number of amides is 1. The van der Waals surface area contributed by atoms with Crippen molar-refractivity contribution in [2.45, 2.75) is 19.5 Å². The van der Waals surface area contributed by atoms with Crippen LogP contribution < -0.4 is 5.32 Å². The summed E-state index contributed by atoms with van der Waals surface area (Å²) in [4.78, 5) is 19.1. The van der Waals surface area contributed by atoms with E-state index in [1.165, 1.54) is 0 Å². The third-order valence-corrected chi connectivity index (χ3v) is 5.45. The smallest absolute Gasteiger partial charge is 0.241 e. The van der Waals surface area contributed by atoms with Gasteiger partial charge in [0, 0.05) is 5.69 Å². The van der Waals surface area contributed by atoms with Crippen molar-refractivity contribution < 1.29 is 4.79 Å². The molecule has 1 unspecified atom stereocenters. The Morgan fingerprint density at radius 2 is 2.15 bits per heavy atom. The van der Waals surface area contributed by atoms with Gasteiger partial charge in [-0.25, -0.2) is 4.98 Å². The first-order chi connectivity index (χ1) is 12.5. The number of rotatable bonds is 5. The second-order valence-electron chi connectivity index (χ2n) is 5.96. The van der Waals surface area contributed by atoms with Crippen LogP contribution in [0, 0.1) is 11.3 Å². The molecule has 0 saturated heterocycles. The zero-order valence-electron chi connectivity index (χ0n) is 14.4. The summed E-state index contributed by atoms with van der Waals surface area (Å²) in [7, 11) is 1.89. The quantitative estimate of drug-likeness (QED) is 0.712. The minimum Gasteiger partial charge on any atom is -0.325 e. The summed E-state index contributed by atoms with van der Waals surface area (Å²) >= 11 is 7.64. The van der Waals surface area contributed by atoms with Gasteiger partial charge >= 0.3 is 0 Å². The zero-order chi connectivity index (χ0) is 18.7. The Hall–Kier alpha value is -2.46. The van der Waals surface area contributed by atoms with E-state index in [-0.39, 0.29) is 11.9 Å². The van der Waals surface area contributed by atoms with Crippen LogP contribution in [0.4, 0.5) is 5.69 Å². The lowest BCUT2D eigenvalue weighted by atomic mass is 10.2. The molecule has 0 aliphatic heterocycles. The van der Waals surface area contributed by atoms with Gasteiger partial charge in [-0.15, -0.1) is 11.3 Å². The van der Waals surface area contributed by atoms with E-state index in [9.17, 15) is 4.79 Å². The highest BCUT2D eigenvalue weighted by Gasteiger charge is 2.20. The maximum absolute atomic E-state index is 12.5. The Bertz CT molecular complexity index is 962. The lowest BCUT2D eigenvalue weighted by Gasteiger charge is -2.22. The Labute approximate surface area is 160 Å². The topological polar surface area (TPSA) is 69.0 Å². The molecule has 1 atom stereocenters. The Morgan fingerprint density at radius 3 is 2.85 bits per heavy atom. The number of para-hydroxylation sites is 1. The number of nitriles is 1. The number of carbonyl (C=O) groups is 1. The van der Waals surface area contributed by atoms with Crippen molar-refractivity contribution in [3.8, 4) is 6.07 Å². The standard InChI is InChI=1S/C19H17ClN4OS/c1-12(19(25)22-14-8-7-13(10-21)15(20)9-14)24(2)11-18-23-16-5-3-4-6-17(16)26-18/h3-9,12H,11H2,1-2H3,(H,22,25). The number of hydrogen-bond donors (Lipinski definition) is 1. The molecule has 5 nitrogen and oxygen atoms in total. The second-order valence-corrected chi connectivity index (χ2v) is 7.48. The first kappa shape index (κ1) is 18.3. The van der Waals surface area contributed by atoms with Crippen molar-refractivity contribution in [3.05, 3.63) is 58.1 Å². The molecule has 0 aliphatic rings. The van der Waals surface area contributed by atoms with Crippen LogP contribution in [0.3, 0.4) is 0 Å². The van der Waals surface area contributed by atoms with Gasteiger partial charge in [-0.3, -0.25) is 9.69 Å². The highest BCUT2D eigenvalue weighted by atomic mass is 35.5. The van der Waals surface area contributed by atoms with Crippen LogP contribution in [0.2, 0.25) is 5.02 Å². The van der Waals surface area contributed by atoms with Crippen LogP contribution in [0.15, 0.2) is 42.5 Å². The molecule has 2 aromatic carbocycles. The molecule has 1 aromatic heterocycles. The number of benzene rings is 2. The lowest BCUT2D eigenvalue weighted by molar-refractivity contribution is -0.120. The van der Waals surface area contributed by atoms with Gasteiger partial charge in [-0.2, -0.15) is 5.26 Å². The van der Waals surface area contributed by atoms with Crippen LogP contribution >= 0.6 is 22.9 Å². The minimum absolute atomic E-state index is 0.144. The highest BCUT2D eigenvalue weighted by Crippen LogP contribution is 2.23. The zero-order valence-corrected chi connectivity index (χ0v) is 15.9. The maximum Gasteiger partial charge on any atom is 0.241 e. The fraction of sp³-hybridized carbons (Fsp3) is 0.211. The molecule has 0 aliphatic carbocycles. The summed E-state index contributed by atoms with van der Waals surface area (Å²) in [5.41, 5.74) is 1.93. The van der Waals surface area contributed by atoms with E-state index in [1.54, 1.807) is 29.5 Å². The molecule has 1 amide bonds. The SMILES string of the molecule is CC(C(=O)Nc1ccc(C#N)c(Cl)c1)N(C)Cc1nc2ccccc2s1. The molecule has 0 saturated carbocycles. The van der Waals surface area contributed by atoms with Crippen molar-refractivity contribution in [1.82, 2.24) is 9.88 Å². The minimum atomic E-state index is -0.351. The van der Waals surface area contributed by atoms with Crippen LogP contribution in [0.5, 0.6) is 0 Å². The summed E-state index contributed by atoms with van der Waals surface area (Å²) < 4.78 is 1.14. The molecule has 1 heterocycles. The van der Waals surface area contributed by atoms with Crippen molar-refractivity contribution in [2.24, 2.45) is 0 Å². The highest BCUT2D eigenvalue weighted by molar-refractivity contribution is 7.18. The van der Waals surface area contributed by atoms with Gasteiger partial charge in [0.2, 0.25) is 5.91 Å². The summed E-state index contributed by atoms with van der Waals surface area (Å²) in [5.74, 6) is -0.144. The van der Waals surface area contributed by atoms with E-state index in [1.807, 2.05) is 49.2 Å². The van der Waals surface area contributed by atoms with Crippen molar-refractivity contribution >= 4 is 44.7 Å².